The summed E-state index contributed by atoms with van der Waals surface area (Å²) in [5.74, 6) is 0. The highest BCUT2D eigenvalue weighted by Crippen LogP contribution is 2.37. The molecule has 0 aliphatic rings. The second-order valence-corrected chi connectivity index (χ2v) is 4.30. The molecule has 0 saturated heterocycles. The van der Waals surface area contributed by atoms with Crippen molar-refractivity contribution in [1.29, 1.82) is 0 Å². The van der Waals surface area contributed by atoms with Crippen LogP contribution in [0.25, 0.3) is 11.3 Å². The van der Waals surface area contributed by atoms with Gasteiger partial charge in [-0.15, -0.1) is 0 Å². The molecule has 0 radical (unpaired) electrons. The predicted molar refractivity (Wildman–Crippen MR) is 61.7 cm³/mol. The van der Waals surface area contributed by atoms with Crippen LogP contribution in [0.2, 0.25) is 0 Å². The summed E-state index contributed by atoms with van der Waals surface area (Å²) < 4.78 is 38.9. The van der Waals surface area contributed by atoms with E-state index in [-0.39, 0.29) is 5.56 Å². The van der Waals surface area contributed by atoms with Gasteiger partial charge < -0.3 is 0 Å². The number of hydrogen-bond acceptors (Lipinski definition) is 1. The lowest BCUT2D eigenvalue weighted by Crippen LogP contribution is -2.07. The van der Waals surface area contributed by atoms with E-state index in [1.165, 1.54) is 18.3 Å². The Bertz CT molecular complexity index is 505. The second-order valence-electron chi connectivity index (χ2n) is 3.14. The van der Waals surface area contributed by atoms with Crippen molar-refractivity contribution < 1.29 is 13.2 Å². The van der Waals surface area contributed by atoms with Gasteiger partial charge in [0.2, 0.25) is 0 Å². The van der Waals surface area contributed by atoms with Crippen LogP contribution >= 0.6 is 22.6 Å². The molecule has 6 heteroatoms. The number of nitrogens with one attached hydrogen (secondary N) is 1. The lowest BCUT2D eigenvalue weighted by Gasteiger charge is -2.11. The Kier molecular flexibility index (Phi) is 2.92. The average molecular weight is 338 g/mol. The van der Waals surface area contributed by atoms with Crippen molar-refractivity contribution in [1.82, 2.24) is 10.2 Å². The normalized spacial score (nSPS) is 11.8. The molecule has 0 saturated carbocycles. The van der Waals surface area contributed by atoms with E-state index in [4.69, 9.17) is 0 Å². The number of aromatic nitrogens is 2. The Morgan fingerprint density at radius 2 is 1.88 bits per heavy atom. The van der Waals surface area contributed by atoms with E-state index in [2.05, 4.69) is 10.2 Å². The maximum Gasteiger partial charge on any atom is 0.417 e. The summed E-state index contributed by atoms with van der Waals surface area (Å²) in [6.45, 7) is 0. The number of hydrogen-bond donors (Lipinski definition) is 1. The van der Waals surface area contributed by atoms with Crippen LogP contribution in [0.1, 0.15) is 5.56 Å². The fraction of sp³-hybridized carbons (Fsp3) is 0.100. The summed E-state index contributed by atoms with van der Waals surface area (Å²) in [4.78, 5) is 0. The van der Waals surface area contributed by atoms with Crippen LogP contribution < -0.4 is 0 Å². The third-order valence-corrected chi connectivity index (χ3v) is 2.91. The Labute approximate surface area is 103 Å². The summed E-state index contributed by atoms with van der Waals surface area (Å²) in [5, 5.41) is 6.30. The summed E-state index contributed by atoms with van der Waals surface area (Å²) in [6.07, 6.45) is -2.87. The van der Waals surface area contributed by atoms with E-state index >= 15 is 0 Å². The zero-order valence-corrected chi connectivity index (χ0v) is 10.0. The van der Waals surface area contributed by atoms with Crippen molar-refractivity contribution in [2.24, 2.45) is 0 Å². The minimum atomic E-state index is -4.36. The van der Waals surface area contributed by atoms with Crippen LogP contribution in [-0.2, 0) is 6.18 Å². The third-order valence-electron chi connectivity index (χ3n) is 2.09. The molecule has 0 atom stereocenters. The van der Waals surface area contributed by atoms with Gasteiger partial charge >= 0.3 is 6.18 Å². The molecule has 1 N–H and O–H groups in total. The lowest BCUT2D eigenvalue weighted by molar-refractivity contribution is -0.137. The topological polar surface area (TPSA) is 28.7 Å². The average Bonchev–Trinajstić information content (AvgIpc) is 2.63. The molecule has 0 unspecified atom stereocenters. The maximum atomic E-state index is 12.7. The number of nitrogens with zero attached hydrogens (tertiary/aromatic N) is 1. The van der Waals surface area contributed by atoms with Gasteiger partial charge in [0, 0.05) is 5.56 Å². The Morgan fingerprint density at radius 3 is 2.44 bits per heavy atom. The number of H-pyrrole nitrogens is 1. The van der Waals surface area contributed by atoms with Gasteiger partial charge in [-0.2, -0.15) is 18.3 Å². The van der Waals surface area contributed by atoms with E-state index in [0.717, 1.165) is 6.07 Å². The highest BCUT2D eigenvalue weighted by molar-refractivity contribution is 14.1. The van der Waals surface area contributed by atoms with Crippen LogP contribution in [0.5, 0.6) is 0 Å². The Balaban J connectivity index is 2.62. The van der Waals surface area contributed by atoms with Gasteiger partial charge in [0.15, 0.2) is 0 Å². The molecule has 1 aromatic heterocycles. The Morgan fingerprint density at radius 1 is 1.19 bits per heavy atom. The second kappa shape index (κ2) is 4.08. The molecule has 0 fully saturated rings. The fourth-order valence-electron chi connectivity index (χ4n) is 1.41. The molecule has 0 amide bonds. The number of halogens is 4. The number of rotatable bonds is 1. The van der Waals surface area contributed by atoms with Crippen molar-refractivity contribution >= 4 is 22.6 Å². The van der Waals surface area contributed by atoms with Crippen molar-refractivity contribution in [3.05, 3.63) is 39.6 Å². The van der Waals surface area contributed by atoms with Crippen molar-refractivity contribution in [2.75, 3.05) is 0 Å². The van der Waals surface area contributed by atoms with Crippen LogP contribution in [0.3, 0.4) is 0 Å². The molecule has 0 aliphatic carbocycles. The number of benzene rings is 1. The van der Waals surface area contributed by atoms with Crippen LogP contribution in [0.4, 0.5) is 13.2 Å². The molecule has 16 heavy (non-hydrogen) atoms. The van der Waals surface area contributed by atoms with Crippen molar-refractivity contribution in [2.45, 2.75) is 6.18 Å². The molecule has 0 aliphatic heterocycles. The minimum Gasteiger partial charge on any atom is -0.277 e. The van der Waals surface area contributed by atoms with Gasteiger partial charge in [-0.25, -0.2) is 0 Å². The first-order valence-electron chi connectivity index (χ1n) is 4.35. The molecular weight excluding hydrogens is 332 g/mol. The van der Waals surface area contributed by atoms with E-state index < -0.39 is 11.7 Å². The molecule has 1 heterocycles. The summed E-state index contributed by atoms with van der Waals surface area (Å²) in [6, 6.07) is 5.43. The van der Waals surface area contributed by atoms with Crippen LogP contribution in [-0.4, -0.2) is 10.2 Å². The zero-order valence-electron chi connectivity index (χ0n) is 7.85. The maximum absolute atomic E-state index is 12.7. The quantitative estimate of drug-likeness (QED) is 0.790. The van der Waals surface area contributed by atoms with Gasteiger partial charge in [0.1, 0.15) is 0 Å². The highest BCUT2D eigenvalue weighted by atomic mass is 127. The molecule has 0 spiro atoms. The van der Waals surface area contributed by atoms with Gasteiger partial charge in [0.05, 0.1) is 21.0 Å². The standard InChI is InChI=1S/C10H6F3IN2/c11-10(12,13)7-4-2-1-3-6(7)9-8(14)5-15-16-9/h1-5H,(H,15,16). The van der Waals surface area contributed by atoms with E-state index in [0.29, 0.717) is 9.26 Å². The molecule has 84 valence electrons. The molecule has 1 aromatic carbocycles. The minimum absolute atomic E-state index is 0.122. The van der Waals surface area contributed by atoms with E-state index in [9.17, 15) is 13.2 Å². The SMILES string of the molecule is FC(F)(F)c1ccccc1-c1[nH]ncc1I. The first-order chi connectivity index (χ1) is 7.50. The van der Waals surface area contributed by atoms with Crippen molar-refractivity contribution in [3.8, 4) is 11.3 Å². The van der Waals surface area contributed by atoms with Gasteiger partial charge in [-0.1, -0.05) is 18.2 Å². The molecule has 0 bridgehead atoms. The molecule has 2 rings (SSSR count). The summed E-state index contributed by atoms with van der Waals surface area (Å²) >= 11 is 1.94. The Hall–Kier alpha value is -1.05. The first kappa shape index (κ1) is 11.4. The zero-order chi connectivity index (χ0) is 11.8. The number of alkyl halides is 3. The summed E-state index contributed by atoms with van der Waals surface area (Å²) in [5.41, 5.74) is -0.136. The van der Waals surface area contributed by atoms with Gasteiger partial charge in [-0.05, 0) is 28.7 Å². The lowest BCUT2D eigenvalue weighted by atomic mass is 10.0. The largest absolute Gasteiger partial charge is 0.417 e. The highest BCUT2D eigenvalue weighted by Gasteiger charge is 2.33. The third kappa shape index (κ3) is 2.06. The fourth-order valence-corrected chi connectivity index (χ4v) is 1.96. The number of aromatic amines is 1. The van der Waals surface area contributed by atoms with Gasteiger partial charge in [-0.3, -0.25) is 5.10 Å². The van der Waals surface area contributed by atoms with Crippen molar-refractivity contribution in [3.63, 3.8) is 0 Å². The van der Waals surface area contributed by atoms with Crippen LogP contribution in [0.15, 0.2) is 30.5 Å². The smallest absolute Gasteiger partial charge is 0.277 e. The monoisotopic (exact) mass is 338 g/mol. The summed E-state index contributed by atoms with van der Waals surface area (Å²) in [7, 11) is 0. The van der Waals surface area contributed by atoms with E-state index in [1.807, 2.05) is 22.6 Å². The molecule has 2 nitrogen and oxygen atoms in total. The molecular formula is C10H6F3IN2. The first-order valence-corrected chi connectivity index (χ1v) is 5.43. The van der Waals surface area contributed by atoms with Crippen LogP contribution in [0, 0.1) is 3.57 Å². The van der Waals surface area contributed by atoms with E-state index in [1.54, 1.807) is 6.07 Å². The van der Waals surface area contributed by atoms with Gasteiger partial charge in [0.25, 0.3) is 0 Å². The molecule has 2 aromatic rings. The predicted octanol–water partition coefficient (Wildman–Crippen LogP) is 3.70.